The molecule has 1 saturated carbocycles. The summed E-state index contributed by atoms with van der Waals surface area (Å²) in [6.45, 7) is 1.96. The van der Waals surface area contributed by atoms with Gasteiger partial charge in [0.2, 0.25) is 5.91 Å². The molecule has 0 bridgehead atoms. The number of hydrogen-bond acceptors (Lipinski definition) is 5. The maximum Gasteiger partial charge on any atom is 0.304 e. The number of carboxylic acid groups (broad SMARTS) is 1. The lowest BCUT2D eigenvalue weighted by atomic mass is 9.61. The number of carbonyl (C=O) groups excluding carboxylic acids is 2. The average Bonchev–Trinajstić information content (AvgIpc) is 2.87. The van der Waals surface area contributed by atoms with Crippen LogP contribution in [-0.2, 0) is 14.4 Å². The highest BCUT2D eigenvalue weighted by molar-refractivity contribution is 6.11. The lowest BCUT2D eigenvalue weighted by Gasteiger charge is -2.46. The summed E-state index contributed by atoms with van der Waals surface area (Å²) in [5.41, 5.74) is 7.02. The van der Waals surface area contributed by atoms with Crippen LogP contribution < -0.4 is 11.1 Å². The van der Waals surface area contributed by atoms with Crippen molar-refractivity contribution in [1.29, 1.82) is 0 Å². The van der Waals surface area contributed by atoms with Gasteiger partial charge in [-0.05, 0) is 48.1 Å². The van der Waals surface area contributed by atoms with Crippen LogP contribution in [0.3, 0.4) is 0 Å². The fourth-order valence-corrected chi connectivity index (χ4v) is 6.32. The van der Waals surface area contributed by atoms with Crippen molar-refractivity contribution in [3.8, 4) is 0 Å². The minimum atomic E-state index is -1.36. The fraction of sp³-hybridized carbons (Fsp3) is 0.552. The van der Waals surface area contributed by atoms with Crippen molar-refractivity contribution in [2.75, 3.05) is 13.2 Å². The molecule has 1 aromatic rings. The molecule has 3 rings (SSSR count). The highest BCUT2D eigenvalue weighted by atomic mass is 16.4. The molecule has 0 aliphatic heterocycles. The minimum absolute atomic E-state index is 0.136. The molecule has 0 saturated heterocycles. The first-order chi connectivity index (χ1) is 17.4. The van der Waals surface area contributed by atoms with Crippen LogP contribution in [0.5, 0.6) is 0 Å². The predicted molar refractivity (Wildman–Crippen MR) is 140 cm³/mol. The zero-order valence-corrected chi connectivity index (χ0v) is 21.3. The first-order valence-electron chi connectivity index (χ1n) is 13.1. The van der Waals surface area contributed by atoms with Gasteiger partial charge in [0.25, 0.3) is 0 Å². The Morgan fingerprint density at radius 2 is 1.83 bits per heavy atom. The molecule has 7 nitrogen and oxygen atoms in total. The van der Waals surface area contributed by atoms with Crippen molar-refractivity contribution in [2.45, 2.75) is 77.2 Å². The van der Waals surface area contributed by atoms with E-state index >= 15 is 0 Å². The average molecular weight is 497 g/mol. The van der Waals surface area contributed by atoms with E-state index in [0.29, 0.717) is 24.0 Å². The van der Waals surface area contributed by atoms with E-state index in [1.54, 1.807) is 0 Å². The third-order valence-electron chi connectivity index (χ3n) is 7.99. The number of amides is 1. The number of primary amides is 1. The molecule has 1 amide bonds. The van der Waals surface area contributed by atoms with Gasteiger partial charge in [-0.2, -0.15) is 0 Å². The van der Waals surface area contributed by atoms with Crippen molar-refractivity contribution in [1.82, 2.24) is 5.32 Å². The summed E-state index contributed by atoms with van der Waals surface area (Å²) in [5.74, 6) is -1.06. The van der Waals surface area contributed by atoms with Gasteiger partial charge in [-0.25, -0.2) is 0 Å². The molecule has 2 aliphatic carbocycles. The maximum atomic E-state index is 12.8. The summed E-state index contributed by atoms with van der Waals surface area (Å²) >= 11 is 0. The summed E-state index contributed by atoms with van der Waals surface area (Å²) in [6, 6.07) is 8.74. The van der Waals surface area contributed by atoms with Crippen molar-refractivity contribution >= 4 is 23.7 Å². The van der Waals surface area contributed by atoms with Crippen LogP contribution >= 0.6 is 0 Å². The first-order valence-corrected chi connectivity index (χ1v) is 13.1. The number of aliphatic hydroxyl groups excluding tert-OH is 1. The molecule has 1 fully saturated rings. The number of aldehydes is 1. The van der Waals surface area contributed by atoms with Gasteiger partial charge in [-0.1, -0.05) is 75.3 Å². The van der Waals surface area contributed by atoms with Crippen LogP contribution in [0, 0.1) is 11.3 Å². The monoisotopic (exact) mass is 496 g/mol. The Labute approximate surface area is 213 Å². The van der Waals surface area contributed by atoms with Crippen LogP contribution in [0.25, 0.3) is 5.57 Å². The van der Waals surface area contributed by atoms with Gasteiger partial charge >= 0.3 is 5.97 Å². The number of hydrogen-bond donors (Lipinski definition) is 4. The second kappa shape index (κ2) is 13.0. The molecule has 36 heavy (non-hydrogen) atoms. The zero-order valence-electron chi connectivity index (χ0n) is 21.3. The molecular weight excluding hydrogens is 456 g/mol. The number of benzene rings is 1. The summed E-state index contributed by atoms with van der Waals surface area (Å²) in [6.07, 6.45) is 9.82. The molecule has 2 aliphatic rings. The van der Waals surface area contributed by atoms with Crippen molar-refractivity contribution in [3.05, 3.63) is 52.6 Å². The Balaban J connectivity index is 1.98. The quantitative estimate of drug-likeness (QED) is 0.241. The highest BCUT2D eigenvalue weighted by Crippen LogP contribution is 2.49. The number of rotatable bonds is 13. The van der Waals surface area contributed by atoms with Gasteiger partial charge in [0.05, 0.1) is 13.0 Å². The maximum absolute atomic E-state index is 12.8. The molecule has 0 radical (unpaired) electrons. The normalized spacial score (nSPS) is 23.1. The van der Waals surface area contributed by atoms with Crippen LogP contribution in [0.4, 0.5) is 0 Å². The van der Waals surface area contributed by atoms with E-state index in [-0.39, 0.29) is 12.0 Å². The second-order valence-corrected chi connectivity index (χ2v) is 10.3. The summed E-state index contributed by atoms with van der Waals surface area (Å²) in [5, 5.41) is 24.0. The molecular formula is C29H40N2O5. The summed E-state index contributed by atoms with van der Waals surface area (Å²) < 4.78 is 0. The Kier molecular flexibility index (Phi) is 10.0. The molecule has 196 valence electrons. The van der Waals surface area contributed by atoms with E-state index in [0.717, 1.165) is 29.9 Å². The van der Waals surface area contributed by atoms with E-state index in [9.17, 15) is 24.6 Å². The van der Waals surface area contributed by atoms with Gasteiger partial charge in [0.1, 0.15) is 6.29 Å². The Morgan fingerprint density at radius 1 is 1.14 bits per heavy atom. The smallest absolute Gasteiger partial charge is 0.304 e. The van der Waals surface area contributed by atoms with Crippen LogP contribution in [0.15, 0.2) is 47.1 Å². The highest BCUT2D eigenvalue weighted by Gasteiger charge is 2.50. The molecule has 0 aromatic heterocycles. The van der Waals surface area contributed by atoms with Gasteiger partial charge in [0.15, 0.2) is 0 Å². The van der Waals surface area contributed by atoms with Gasteiger partial charge in [0, 0.05) is 23.5 Å². The van der Waals surface area contributed by atoms with Gasteiger partial charge in [-0.15, -0.1) is 0 Å². The molecule has 0 spiro atoms. The van der Waals surface area contributed by atoms with E-state index in [4.69, 9.17) is 5.73 Å². The largest absolute Gasteiger partial charge is 0.481 e. The van der Waals surface area contributed by atoms with Gasteiger partial charge in [-0.3, -0.25) is 9.59 Å². The summed E-state index contributed by atoms with van der Waals surface area (Å²) in [4.78, 5) is 36.6. The number of aliphatic carboxylic acids is 1. The van der Waals surface area contributed by atoms with E-state index < -0.39 is 36.4 Å². The second-order valence-electron chi connectivity index (χ2n) is 10.3. The summed E-state index contributed by atoms with van der Waals surface area (Å²) in [7, 11) is 0. The molecule has 5 N–H and O–H groups in total. The number of carbonyl (C=O) groups is 3. The minimum Gasteiger partial charge on any atom is -0.481 e. The zero-order chi connectivity index (χ0) is 26.1. The Hall–Kier alpha value is -2.77. The number of carboxylic acids is 1. The van der Waals surface area contributed by atoms with E-state index in [2.05, 4.69) is 5.32 Å². The third kappa shape index (κ3) is 6.13. The van der Waals surface area contributed by atoms with Crippen molar-refractivity contribution < 1.29 is 24.6 Å². The topological polar surface area (TPSA) is 130 Å². The lowest BCUT2D eigenvalue weighted by Crippen LogP contribution is -2.54. The molecule has 2 unspecified atom stereocenters. The van der Waals surface area contributed by atoms with Crippen LogP contribution in [-0.4, -0.2) is 47.6 Å². The van der Waals surface area contributed by atoms with E-state index in [1.807, 2.05) is 37.3 Å². The molecule has 0 heterocycles. The number of unbranched alkanes of at least 4 members (excludes halogenated alkanes) is 1. The number of aliphatic hydroxyl groups is 1. The molecule has 7 heteroatoms. The van der Waals surface area contributed by atoms with Crippen molar-refractivity contribution in [3.63, 3.8) is 0 Å². The molecule has 2 atom stereocenters. The van der Waals surface area contributed by atoms with Crippen LogP contribution in [0.1, 0.15) is 76.7 Å². The van der Waals surface area contributed by atoms with Gasteiger partial charge < -0.3 is 26.1 Å². The predicted octanol–water partition coefficient (Wildman–Crippen LogP) is 4.01. The Morgan fingerprint density at radius 3 is 2.42 bits per heavy atom. The fourth-order valence-electron chi connectivity index (χ4n) is 6.32. The van der Waals surface area contributed by atoms with Crippen LogP contribution in [0.2, 0.25) is 0 Å². The molecule has 1 aromatic carbocycles. The number of nitrogens with one attached hydrogen (secondary N) is 1. The van der Waals surface area contributed by atoms with E-state index in [1.165, 1.54) is 38.5 Å². The number of nitrogens with two attached hydrogens (primary N) is 1. The van der Waals surface area contributed by atoms with Crippen molar-refractivity contribution in [2.24, 2.45) is 17.1 Å². The lowest BCUT2D eigenvalue weighted by molar-refractivity contribution is -0.140. The SMILES string of the molecule is CC1=C(c2ccccc2)C(C(N)=O)=C(CC=O)C(CO)(CC(=O)O)C1NCCCCC1CCCCC1. The third-order valence-corrected chi connectivity index (χ3v) is 7.99. The standard InChI is InChI=1S/C29H40N2O5/c1-20-25(22-13-6-3-7-14-22)26(28(30)36)23(15-17-32)29(19-33,18-24(34)35)27(20)31-16-9-8-12-21-10-4-2-5-11-21/h3,6-7,13-14,17,21,27,31,33H,2,4-5,8-12,15-16,18-19H2,1H3,(H2,30,36)(H,34,35). The Bertz CT molecular complexity index is 994. The first kappa shape index (κ1) is 27.8.